The Kier molecular flexibility index (Phi) is 4.33. The lowest BCUT2D eigenvalue weighted by Gasteiger charge is -2.34. The van der Waals surface area contributed by atoms with E-state index in [1.807, 2.05) is 32.9 Å². The largest absolute Gasteiger partial charge is 0.394 e. The summed E-state index contributed by atoms with van der Waals surface area (Å²) in [5.74, 6) is -0.0807. The molecule has 1 aromatic carbocycles. The van der Waals surface area contributed by atoms with Crippen molar-refractivity contribution in [2.24, 2.45) is 0 Å². The number of hydrogen-bond donors (Lipinski definition) is 1. The zero-order valence-corrected chi connectivity index (χ0v) is 12.2. The van der Waals surface area contributed by atoms with E-state index in [2.05, 4.69) is 15.9 Å². The van der Waals surface area contributed by atoms with E-state index in [1.54, 1.807) is 18.0 Å². The Labute approximate surface area is 111 Å². The lowest BCUT2D eigenvalue weighted by Crippen LogP contribution is -2.47. The molecule has 0 fully saturated rings. The number of aliphatic hydroxyl groups is 1. The van der Waals surface area contributed by atoms with Gasteiger partial charge in [-0.15, -0.1) is 0 Å². The number of halogens is 1. The molecule has 0 saturated carbocycles. The minimum atomic E-state index is -0.564. The standard InChI is InChI=1S/C13H18BrNO2/c1-9-10(6-5-7-11(9)14)12(17)15(4)13(2,3)8-16/h5-7,16H,8H2,1-4H3. The fraction of sp³-hybridized carbons (Fsp3) is 0.462. The van der Waals surface area contributed by atoms with Crippen LogP contribution >= 0.6 is 15.9 Å². The molecule has 0 spiro atoms. The number of benzene rings is 1. The van der Waals surface area contributed by atoms with Crippen molar-refractivity contribution in [3.8, 4) is 0 Å². The number of carbonyl (C=O) groups excluding carboxylic acids is 1. The molecule has 0 aliphatic carbocycles. The van der Waals surface area contributed by atoms with Crippen LogP contribution < -0.4 is 0 Å². The van der Waals surface area contributed by atoms with Gasteiger partial charge >= 0.3 is 0 Å². The molecule has 4 heteroatoms. The van der Waals surface area contributed by atoms with Crippen LogP contribution in [0.2, 0.25) is 0 Å². The average Bonchev–Trinajstić information content (AvgIpc) is 2.30. The summed E-state index contributed by atoms with van der Waals surface area (Å²) < 4.78 is 0.915. The summed E-state index contributed by atoms with van der Waals surface area (Å²) in [6.45, 7) is 5.50. The average molecular weight is 300 g/mol. The summed E-state index contributed by atoms with van der Waals surface area (Å²) in [6.07, 6.45) is 0. The second-order valence-electron chi connectivity index (χ2n) is 4.75. The predicted molar refractivity (Wildman–Crippen MR) is 72.1 cm³/mol. The van der Waals surface area contributed by atoms with Crippen molar-refractivity contribution in [2.75, 3.05) is 13.7 Å². The van der Waals surface area contributed by atoms with Gasteiger partial charge in [-0.05, 0) is 38.5 Å². The van der Waals surface area contributed by atoms with Crippen LogP contribution in [0.25, 0.3) is 0 Å². The van der Waals surface area contributed by atoms with Crippen LogP contribution in [0.1, 0.15) is 29.8 Å². The van der Waals surface area contributed by atoms with Gasteiger partial charge in [-0.3, -0.25) is 4.79 Å². The molecule has 0 bridgehead atoms. The Hall–Kier alpha value is -0.870. The maximum atomic E-state index is 12.3. The third-order valence-corrected chi connectivity index (χ3v) is 3.96. The molecule has 1 aromatic rings. The molecule has 17 heavy (non-hydrogen) atoms. The molecule has 94 valence electrons. The molecule has 3 nitrogen and oxygen atoms in total. The fourth-order valence-electron chi connectivity index (χ4n) is 1.40. The Morgan fingerprint density at radius 1 is 1.47 bits per heavy atom. The van der Waals surface area contributed by atoms with E-state index in [4.69, 9.17) is 0 Å². The maximum Gasteiger partial charge on any atom is 0.254 e. The molecule has 0 saturated heterocycles. The van der Waals surface area contributed by atoms with Crippen molar-refractivity contribution in [1.82, 2.24) is 4.90 Å². The van der Waals surface area contributed by atoms with Crippen molar-refractivity contribution in [1.29, 1.82) is 0 Å². The number of aliphatic hydroxyl groups excluding tert-OH is 1. The first-order valence-corrected chi connectivity index (χ1v) is 6.24. The third kappa shape index (κ3) is 2.87. The normalized spacial score (nSPS) is 11.4. The van der Waals surface area contributed by atoms with E-state index in [0.717, 1.165) is 10.0 Å². The quantitative estimate of drug-likeness (QED) is 0.932. The second kappa shape index (κ2) is 5.19. The van der Waals surface area contributed by atoms with Crippen LogP contribution in [0.5, 0.6) is 0 Å². The summed E-state index contributed by atoms with van der Waals surface area (Å²) in [6, 6.07) is 5.54. The van der Waals surface area contributed by atoms with Gasteiger partial charge in [0.1, 0.15) is 0 Å². The number of nitrogens with zero attached hydrogens (tertiary/aromatic N) is 1. The molecule has 1 N–H and O–H groups in total. The van der Waals surface area contributed by atoms with E-state index in [9.17, 15) is 9.90 Å². The Morgan fingerprint density at radius 3 is 2.59 bits per heavy atom. The summed E-state index contributed by atoms with van der Waals surface area (Å²) in [4.78, 5) is 13.9. The number of rotatable bonds is 3. The number of likely N-dealkylation sites (N-methyl/N-ethyl adjacent to an activating group) is 1. The van der Waals surface area contributed by atoms with E-state index >= 15 is 0 Å². The Bertz CT molecular complexity index is 429. The monoisotopic (exact) mass is 299 g/mol. The van der Waals surface area contributed by atoms with Crippen molar-refractivity contribution in [3.05, 3.63) is 33.8 Å². The first kappa shape index (κ1) is 14.2. The zero-order chi connectivity index (χ0) is 13.2. The van der Waals surface area contributed by atoms with Gasteiger partial charge in [-0.1, -0.05) is 22.0 Å². The van der Waals surface area contributed by atoms with Gasteiger partial charge < -0.3 is 10.0 Å². The van der Waals surface area contributed by atoms with Crippen molar-refractivity contribution >= 4 is 21.8 Å². The minimum Gasteiger partial charge on any atom is -0.394 e. The third-order valence-electron chi connectivity index (χ3n) is 3.10. The Morgan fingerprint density at radius 2 is 2.06 bits per heavy atom. The molecular formula is C13H18BrNO2. The van der Waals surface area contributed by atoms with E-state index in [-0.39, 0.29) is 12.5 Å². The highest BCUT2D eigenvalue weighted by Crippen LogP contribution is 2.22. The van der Waals surface area contributed by atoms with Crippen molar-refractivity contribution in [3.63, 3.8) is 0 Å². The summed E-state index contributed by atoms with van der Waals surface area (Å²) >= 11 is 3.41. The summed E-state index contributed by atoms with van der Waals surface area (Å²) in [7, 11) is 1.71. The van der Waals surface area contributed by atoms with Gasteiger partial charge in [0.25, 0.3) is 5.91 Å². The summed E-state index contributed by atoms with van der Waals surface area (Å²) in [5.41, 5.74) is 1.01. The van der Waals surface area contributed by atoms with Crippen LogP contribution in [0.4, 0.5) is 0 Å². The Balaban J connectivity index is 3.09. The second-order valence-corrected chi connectivity index (χ2v) is 5.60. The van der Waals surface area contributed by atoms with Crippen LogP contribution in [0, 0.1) is 6.92 Å². The molecule has 0 aliphatic heterocycles. The predicted octanol–water partition coefficient (Wildman–Crippen LogP) is 2.60. The lowest BCUT2D eigenvalue weighted by atomic mass is 10.0. The van der Waals surface area contributed by atoms with Gasteiger partial charge in [0.2, 0.25) is 0 Å². The lowest BCUT2D eigenvalue weighted by molar-refractivity contribution is 0.0472. The van der Waals surface area contributed by atoms with Crippen LogP contribution in [-0.2, 0) is 0 Å². The number of carbonyl (C=O) groups is 1. The fourth-order valence-corrected chi connectivity index (χ4v) is 1.77. The first-order valence-electron chi connectivity index (χ1n) is 5.45. The highest BCUT2D eigenvalue weighted by atomic mass is 79.9. The highest BCUT2D eigenvalue weighted by Gasteiger charge is 2.28. The van der Waals surface area contributed by atoms with Crippen LogP contribution in [0.15, 0.2) is 22.7 Å². The van der Waals surface area contributed by atoms with Gasteiger partial charge in [0, 0.05) is 17.1 Å². The molecule has 1 amide bonds. The van der Waals surface area contributed by atoms with Gasteiger partial charge in [-0.25, -0.2) is 0 Å². The van der Waals surface area contributed by atoms with Gasteiger partial charge in [0.05, 0.1) is 12.1 Å². The van der Waals surface area contributed by atoms with E-state index in [1.165, 1.54) is 0 Å². The molecule has 0 aromatic heterocycles. The molecule has 0 heterocycles. The van der Waals surface area contributed by atoms with Crippen LogP contribution in [-0.4, -0.2) is 35.1 Å². The molecular weight excluding hydrogens is 282 g/mol. The molecule has 0 atom stereocenters. The smallest absolute Gasteiger partial charge is 0.254 e. The van der Waals surface area contributed by atoms with Crippen molar-refractivity contribution in [2.45, 2.75) is 26.3 Å². The molecule has 0 aliphatic rings. The van der Waals surface area contributed by atoms with E-state index < -0.39 is 5.54 Å². The molecule has 0 radical (unpaired) electrons. The topological polar surface area (TPSA) is 40.5 Å². The SMILES string of the molecule is Cc1c(Br)cccc1C(=O)N(C)C(C)(C)CO. The minimum absolute atomic E-state index is 0.0672. The highest BCUT2D eigenvalue weighted by molar-refractivity contribution is 9.10. The summed E-state index contributed by atoms with van der Waals surface area (Å²) in [5, 5.41) is 9.28. The van der Waals surface area contributed by atoms with Crippen LogP contribution in [0.3, 0.4) is 0 Å². The van der Waals surface area contributed by atoms with Gasteiger partial charge in [0.15, 0.2) is 0 Å². The van der Waals surface area contributed by atoms with Crippen molar-refractivity contribution < 1.29 is 9.90 Å². The molecule has 0 unspecified atom stereocenters. The number of hydrogen-bond acceptors (Lipinski definition) is 2. The van der Waals surface area contributed by atoms with E-state index in [0.29, 0.717) is 5.56 Å². The maximum absolute atomic E-state index is 12.3. The zero-order valence-electron chi connectivity index (χ0n) is 10.6. The molecule has 1 rings (SSSR count). The van der Waals surface area contributed by atoms with Gasteiger partial charge in [-0.2, -0.15) is 0 Å². The number of amides is 1. The first-order chi connectivity index (χ1) is 7.81.